The molecule has 0 aromatic heterocycles. The molecule has 0 bridgehead atoms. The van der Waals surface area contributed by atoms with Crippen LogP contribution in [0, 0.1) is 5.41 Å². The molecule has 84 valence electrons. The van der Waals surface area contributed by atoms with E-state index >= 15 is 0 Å². The maximum Gasteiger partial charge on any atom is 0.168 e. The van der Waals surface area contributed by atoms with Crippen LogP contribution >= 0.6 is 0 Å². The number of allylic oxidation sites excluding steroid dienone is 1. The molecule has 0 saturated heterocycles. The molecule has 2 heteroatoms. The Bertz CT molecular complexity index is 272. The zero-order chi connectivity index (χ0) is 10.7. The molecule has 2 nitrogen and oxygen atoms in total. The second-order valence-electron chi connectivity index (χ2n) is 4.79. The van der Waals surface area contributed by atoms with E-state index in [-0.39, 0.29) is 5.41 Å². The molecule has 1 aliphatic heterocycles. The molecule has 0 atom stereocenters. The van der Waals surface area contributed by atoms with Gasteiger partial charge in [-0.2, -0.15) is 0 Å². The molecule has 2 rings (SSSR count). The van der Waals surface area contributed by atoms with Crippen molar-refractivity contribution in [2.45, 2.75) is 51.9 Å². The van der Waals surface area contributed by atoms with Crippen LogP contribution in [0.1, 0.15) is 51.9 Å². The van der Waals surface area contributed by atoms with Crippen LogP contribution in [0.4, 0.5) is 0 Å². The van der Waals surface area contributed by atoms with Crippen LogP contribution in [-0.2, 0) is 9.53 Å². The summed E-state index contributed by atoms with van der Waals surface area (Å²) in [6, 6.07) is 0. The Labute approximate surface area is 91.7 Å². The number of hydrogen-bond donors (Lipinski definition) is 0. The van der Waals surface area contributed by atoms with Crippen molar-refractivity contribution in [1.82, 2.24) is 0 Å². The van der Waals surface area contributed by atoms with Crippen molar-refractivity contribution in [2.75, 3.05) is 6.61 Å². The van der Waals surface area contributed by atoms with Gasteiger partial charge in [-0.25, -0.2) is 0 Å². The predicted octanol–water partition coefficient (Wildman–Crippen LogP) is 3.22. The summed E-state index contributed by atoms with van der Waals surface area (Å²) in [6.07, 6.45) is 9.21. The van der Waals surface area contributed by atoms with Gasteiger partial charge in [-0.15, -0.1) is 0 Å². The van der Waals surface area contributed by atoms with Crippen LogP contribution in [-0.4, -0.2) is 12.4 Å². The molecule has 0 N–H and O–H groups in total. The van der Waals surface area contributed by atoms with E-state index in [2.05, 4.69) is 6.92 Å². The molecule has 0 aromatic rings. The lowest BCUT2D eigenvalue weighted by Gasteiger charge is -2.27. The van der Waals surface area contributed by atoms with Crippen LogP contribution in [0.25, 0.3) is 0 Å². The van der Waals surface area contributed by atoms with Crippen LogP contribution in [0.15, 0.2) is 11.8 Å². The highest BCUT2D eigenvalue weighted by Gasteiger charge is 2.40. The summed E-state index contributed by atoms with van der Waals surface area (Å²) in [4.78, 5) is 12.4. The molecule has 0 aromatic carbocycles. The minimum Gasteiger partial charge on any atom is -0.501 e. The Morgan fingerprint density at radius 2 is 2.13 bits per heavy atom. The average Bonchev–Trinajstić information content (AvgIpc) is 2.79. The third kappa shape index (κ3) is 1.95. The maximum absolute atomic E-state index is 12.4. The fourth-order valence-corrected chi connectivity index (χ4v) is 2.86. The molecule has 15 heavy (non-hydrogen) atoms. The van der Waals surface area contributed by atoms with Crippen molar-refractivity contribution >= 4 is 5.78 Å². The second kappa shape index (κ2) is 4.38. The summed E-state index contributed by atoms with van der Waals surface area (Å²) in [5.74, 6) is 0.377. The summed E-state index contributed by atoms with van der Waals surface area (Å²) < 4.78 is 5.27. The fourth-order valence-electron chi connectivity index (χ4n) is 2.86. The molecule has 1 heterocycles. The molecule has 1 saturated carbocycles. The summed E-state index contributed by atoms with van der Waals surface area (Å²) in [7, 11) is 0. The van der Waals surface area contributed by atoms with E-state index in [0.29, 0.717) is 5.78 Å². The van der Waals surface area contributed by atoms with Crippen LogP contribution in [0.3, 0.4) is 0 Å². The zero-order valence-electron chi connectivity index (χ0n) is 9.55. The van der Waals surface area contributed by atoms with E-state index in [0.717, 1.165) is 44.3 Å². The van der Waals surface area contributed by atoms with Crippen molar-refractivity contribution in [1.29, 1.82) is 0 Å². The van der Waals surface area contributed by atoms with Gasteiger partial charge in [-0.3, -0.25) is 4.79 Å². The monoisotopic (exact) mass is 208 g/mol. The number of rotatable bonds is 3. The fraction of sp³-hybridized carbons (Fsp3) is 0.769. The number of carbonyl (C=O) groups excluding carboxylic acids is 1. The lowest BCUT2D eigenvalue weighted by Crippen LogP contribution is -2.29. The molecule has 0 amide bonds. The smallest absolute Gasteiger partial charge is 0.168 e. The van der Waals surface area contributed by atoms with Gasteiger partial charge in [0.15, 0.2) is 5.78 Å². The van der Waals surface area contributed by atoms with E-state index in [1.54, 1.807) is 6.26 Å². The SMILES string of the molecule is CCC1(C(=O)C2=COCCC2)CCCC1. The van der Waals surface area contributed by atoms with Crippen LogP contribution < -0.4 is 0 Å². The van der Waals surface area contributed by atoms with E-state index in [1.807, 2.05) is 0 Å². The highest BCUT2D eigenvalue weighted by atomic mass is 16.5. The van der Waals surface area contributed by atoms with E-state index < -0.39 is 0 Å². The van der Waals surface area contributed by atoms with Gasteiger partial charge < -0.3 is 4.74 Å². The van der Waals surface area contributed by atoms with Gasteiger partial charge >= 0.3 is 0 Å². The summed E-state index contributed by atoms with van der Waals surface area (Å²) in [5, 5.41) is 0. The van der Waals surface area contributed by atoms with Crippen LogP contribution in [0.5, 0.6) is 0 Å². The summed E-state index contributed by atoms with van der Waals surface area (Å²) >= 11 is 0. The standard InChI is InChI=1S/C13H20O2/c1-2-13(7-3-4-8-13)12(14)11-6-5-9-15-10-11/h10H,2-9H2,1H3. The van der Waals surface area contributed by atoms with Gasteiger partial charge in [0.25, 0.3) is 0 Å². The van der Waals surface area contributed by atoms with Crippen LogP contribution in [0.2, 0.25) is 0 Å². The first-order valence-corrected chi connectivity index (χ1v) is 6.14. The molecule has 0 spiro atoms. The third-order valence-electron chi connectivity index (χ3n) is 3.94. The third-order valence-corrected chi connectivity index (χ3v) is 3.94. The Hall–Kier alpha value is -0.790. The Morgan fingerprint density at radius 1 is 1.40 bits per heavy atom. The van der Waals surface area contributed by atoms with Gasteiger partial charge in [0.05, 0.1) is 12.9 Å². The zero-order valence-corrected chi connectivity index (χ0v) is 9.55. The normalized spacial score (nSPS) is 24.5. The van der Waals surface area contributed by atoms with Crippen molar-refractivity contribution in [3.63, 3.8) is 0 Å². The first kappa shape index (κ1) is 10.7. The first-order chi connectivity index (χ1) is 7.28. The minimum atomic E-state index is -0.0352. The predicted molar refractivity (Wildman–Crippen MR) is 59.5 cm³/mol. The van der Waals surface area contributed by atoms with E-state index in [1.165, 1.54) is 12.8 Å². The quantitative estimate of drug-likeness (QED) is 0.711. The molecule has 1 fully saturated rings. The van der Waals surface area contributed by atoms with E-state index in [4.69, 9.17) is 4.74 Å². The summed E-state index contributed by atoms with van der Waals surface area (Å²) in [5.41, 5.74) is 0.900. The second-order valence-corrected chi connectivity index (χ2v) is 4.79. The Kier molecular flexibility index (Phi) is 3.13. The highest BCUT2D eigenvalue weighted by molar-refractivity contribution is 5.99. The van der Waals surface area contributed by atoms with Crippen molar-refractivity contribution in [2.24, 2.45) is 5.41 Å². The molecular weight excluding hydrogens is 188 g/mol. The minimum absolute atomic E-state index is 0.0352. The number of ketones is 1. The number of carbonyl (C=O) groups is 1. The number of ether oxygens (including phenoxy) is 1. The average molecular weight is 208 g/mol. The van der Waals surface area contributed by atoms with Crippen molar-refractivity contribution < 1.29 is 9.53 Å². The van der Waals surface area contributed by atoms with Gasteiger partial charge in [0.2, 0.25) is 0 Å². The Balaban J connectivity index is 2.14. The van der Waals surface area contributed by atoms with Crippen molar-refractivity contribution in [3.05, 3.63) is 11.8 Å². The Morgan fingerprint density at radius 3 is 2.67 bits per heavy atom. The highest BCUT2D eigenvalue weighted by Crippen LogP contribution is 2.44. The van der Waals surface area contributed by atoms with Gasteiger partial charge in [0.1, 0.15) is 0 Å². The topological polar surface area (TPSA) is 26.3 Å². The van der Waals surface area contributed by atoms with E-state index in [9.17, 15) is 4.79 Å². The lowest BCUT2D eigenvalue weighted by molar-refractivity contribution is -0.125. The molecule has 0 unspecified atom stereocenters. The van der Waals surface area contributed by atoms with Crippen molar-refractivity contribution in [3.8, 4) is 0 Å². The lowest BCUT2D eigenvalue weighted by atomic mass is 9.75. The number of hydrogen-bond acceptors (Lipinski definition) is 2. The van der Waals surface area contributed by atoms with Gasteiger partial charge in [0, 0.05) is 11.0 Å². The van der Waals surface area contributed by atoms with Gasteiger partial charge in [-0.1, -0.05) is 19.8 Å². The largest absolute Gasteiger partial charge is 0.501 e. The molecular formula is C13H20O2. The maximum atomic E-state index is 12.4. The summed E-state index contributed by atoms with van der Waals surface area (Å²) in [6.45, 7) is 2.92. The first-order valence-electron chi connectivity index (χ1n) is 6.14. The number of Topliss-reactive ketones (excluding diaryl/α,β-unsaturated/α-hetero) is 1. The molecule has 1 aliphatic carbocycles. The van der Waals surface area contributed by atoms with Gasteiger partial charge in [-0.05, 0) is 32.1 Å². The molecule has 0 radical (unpaired) electrons. The molecule has 2 aliphatic rings.